The number of rotatable bonds is 7. The molecule has 2 N–H and O–H groups in total. The predicted octanol–water partition coefficient (Wildman–Crippen LogP) is 8.19. The molecule has 0 saturated heterocycles. The summed E-state index contributed by atoms with van der Waals surface area (Å²) in [6, 6.07) is 0. The van der Waals surface area contributed by atoms with Crippen LogP contribution in [0.15, 0.2) is 12.2 Å². The molecule has 44 heavy (non-hydrogen) atoms. The molecule has 0 spiro atoms. The summed E-state index contributed by atoms with van der Waals surface area (Å²) < 4.78 is 6.14. The number of fused-ring (bicyclic) bond motifs is 7. The van der Waals surface area contributed by atoms with Crippen LogP contribution in [0.2, 0.25) is 0 Å². The smallest absolute Gasteiger partial charge is 0.309 e. The molecule has 5 aliphatic carbocycles. The van der Waals surface area contributed by atoms with Crippen LogP contribution >= 0.6 is 0 Å². The number of hydrogen-bond donors (Lipinski definition) is 2. The van der Waals surface area contributed by atoms with E-state index in [0.29, 0.717) is 36.0 Å². The van der Waals surface area contributed by atoms with E-state index in [1.807, 2.05) is 0 Å². The number of carboxylic acid groups (broad SMARTS) is 1. The first-order chi connectivity index (χ1) is 20.3. The Morgan fingerprint density at radius 3 is 2.18 bits per heavy atom. The molecule has 0 aliphatic heterocycles. The number of hydrogen-bond acceptors (Lipinski definition) is 4. The van der Waals surface area contributed by atoms with E-state index in [1.165, 1.54) is 37.7 Å². The lowest BCUT2D eigenvalue weighted by molar-refractivity contribution is -0.250. The average Bonchev–Trinajstić information content (AvgIpc) is 3.30. The van der Waals surface area contributed by atoms with Crippen LogP contribution in [0, 0.1) is 62.1 Å². The third-order valence-electron chi connectivity index (χ3n) is 15.4. The molecule has 0 radical (unpaired) electrons. The Morgan fingerprint density at radius 1 is 0.886 bits per heavy atom. The first kappa shape index (κ1) is 33.5. The molecule has 5 aliphatic rings. The van der Waals surface area contributed by atoms with Crippen molar-refractivity contribution in [3.63, 3.8) is 0 Å². The molecule has 5 rings (SSSR count). The second kappa shape index (κ2) is 10.9. The maximum Gasteiger partial charge on any atom is 0.309 e. The van der Waals surface area contributed by atoms with Gasteiger partial charge in [-0.3, -0.25) is 14.4 Å². The van der Waals surface area contributed by atoms with Crippen molar-refractivity contribution < 1.29 is 24.2 Å². The normalized spacial score (nSPS) is 44.3. The van der Waals surface area contributed by atoms with Crippen LogP contribution in [0.4, 0.5) is 0 Å². The van der Waals surface area contributed by atoms with Gasteiger partial charge in [-0.2, -0.15) is 0 Å². The van der Waals surface area contributed by atoms with Gasteiger partial charge in [0.1, 0.15) is 6.10 Å². The first-order valence-electron chi connectivity index (χ1n) is 17.6. The van der Waals surface area contributed by atoms with Gasteiger partial charge in [-0.1, -0.05) is 46.8 Å². The monoisotopic (exact) mass is 611 g/mol. The number of carbonyl (C=O) groups excluding carboxylic acids is 2. The van der Waals surface area contributed by atoms with Crippen molar-refractivity contribution in [2.24, 2.45) is 62.1 Å². The van der Waals surface area contributed by atoms with Crippen LogP contribution in [0.3, 0.4) is 0 Å². The Balaban J connectivity index is 1.42. The minimum atomic E-state index is -1.13. The molecule has 0 bridgehead atoms. The molecule has 0 heterocycles. The van der Waals surface area contributed by atoms with Gasteiger partial charge in [-0.05, 0) is 136 Å². The first-order valence-corrected chi connectivity index (χ1v) is 17.6. The SMILES string of the molecule is C=C(C)[C@@H]1CC[C@]2(CC(=O)NC)CC[C@]3(C)[C@H](CCC4[C@@]5(C)CC[C@H](OC(=O)CC(C)(C)C(=O)O)C(C)(C)C5CC[C@]43C)[C@@H]12. The summed E-state index contributed by atoms with van der Waals surface area (Å²) in [5, 5.41) is 12.5. The fraction of sp³-hybridized carbons (Fsp3) is 0.868. The van der Waals surface area contributed by atoms with Gasteiger partial charge in [-0.25, -0.2) is 0 Å². The van der Waals surface area contributed by atoms with E-state index in [2.05, 4.69) is 53.4 Å². The van der Waals surface area contributed by atoms with Gasteiger partial charge in [0.2, 0.25) is 5.91 Å². The maximum atomic E-state index is 13.0. The summed E-state index contributed by atoms with van der Waals surface area (Å²) >= 11 is 0. The molecule has 1 amide bonds. The van der Waals surface area contributed by atoms with Crippen molar-refractivity contribution in [2.45, 2.75) is 139 Å². The van der Waals surface area contributed by atoms with Crippen molar-refractivity contribution >= 4 is 17.8 Å². The van der Waals surface area contributed by atoms with E-state index in [4.69, 9.17) is 4.74 Å². The molecular formula is C38H61NO5. The Bertz CT molecular complexity index is 1210. The van der Waals surface area contributed by atoms with Crippen molar-refractivity contribution in [3.8, 4) is 0 Å². The number of allylic oxidation sites excluding steroid dienone is 1. The lowest BCUT2D eigenvalue weighted by Gasteiger charge is -2.73. The second-order valence-corrected chi connectivity index (χ2v) is 18.1. The summed E-state index contributed by atoms with van der Waals surface area (Å²) in [5.74, 6) is 1.52. The Morgan fingerprint density at radius 2 is 1.57 bits per heavy atom. The van der Waals surface area contributed by atoms with Crippen LogP contribution in [-0.2, 0) is 19.1 Å². The number of esters is 1. The average molecular weight is 612 g/mol. The van der Waals surface area contributed by atoms with Crippen LogP contribution in [0.25, 0.3) is 0 Å². The molecule has 0 aromatic rings. The highest BCUT2D eigenvalue weighted by molar-refractivity contribution is 5.81. The van der Waals surface area contributed by atoms with E-state index in [9.17, 15) is 19.5 Å². The van der Waals surface area contributed by atoms with E-state index in [0.717, 1.165) is 32.1 Å². The van der Waals surface area contributed by atoms with Gasteiger partial charge < -0.3 is 15.2 Å². The molecule has 6 nitrogen and oxygen atoms in total. The molecule has 2 unspecified atom stereocenters. The van der Waals surface area contributed by atoms with Gasteiger partial charge in [-0.15, -0.1) is 0 Å². The standard InChI is InChI=1S/C38H61NO5/c1-23(2)24-13-18-38(21-29(40)39-10)20-19-36(8)25(31(24)38)11-12-27-35(7)16-15-28(44-30(41)22-33(3,4)32(42)43)34(5,6)26(35)14-17-37(27,36)9/h24-28,31H,1,11-22H2,2-10H3,(H,39,40)(H,42,43)/t24-,25+,26?,27?,28-,31+,35-,36+,37+,38+/m0/s1. The van der Waals surface area contributed by atoms with E-state index in [1.54, 1.807) is 20.9 Å². The molecular weight excluding hydrogens is 550 g/mol. The van der Waals surface area contributed by atoms with Crippen molar-refractivity contribution in [2.75, 3.05) is 7.05 Å². The Kier molecular flexibility index (Phi) is 8.27. The number of carbonyl (C=O) groups is 3. The van der Waals surface area contributed by atoms with E-state index >= 15 is 0 Å². The molecule has 10 atom stereocenters. The third kappa shape index (κ3) is 4.81. The minimum Gasteiger partial charge on any atom is -0.481 e. The van der Waals surface area contributed by atoms with Gasteiger partial charge >= 0.3 is 11.9 Å². The van der Waals surface area contributed by atoms with Crippen LogP contribution in [-0.4, -0.2) is 36.1 Å². The topological polar surface area (TPSA) is 92.7 Å². The summed E-state index contributed by atoms with van der Waals surface area (Å²) in [6.07, 6.45) is 11.7. The molecule has 0 aromatic carbocycles. The number of nitrogens with one attached hydrogen (secondary N) is 1. The third-order valence-corrected chi connectivity index (χ3v) is 15.4. The van der Waals surface area contributed by atoms with E-state index < -0.39 is 11.4 Å². The number of aliphatic carboxylic acids is 1. The molecule has 0 aromatic heterocycles. The molecule has 5 saturated carbocycles. The van der Waals surface area contributed by atoms with Crippen molar-refractivity contribution in [1.29, 1.82) is 0 Å². The summed E-state index contributed by atoms with van der Waals surface area (Å²) in [4.78, 5) is 37.5. The fourth-order valence-electron chi connectivity index (χ4n) is 12.8. The Hall–Kier alpha value is -1.85. The van der Waals surface area contributed by atoms with Crippen molar-refractivity contribution in [1.82, 2.24) is 5.32 Å². The lowest BCUT2D eigenvalue weighted by Crippen LogP contribution is -2.67. The summed E-state index contributed by atoms with van der Waals surface area (Å²) in [5.41, 5.74) is 0.683. The summed E-state index contributed by atoms with van der Waals surface area (Å²) in [7, 11) is 1.78. The zero-order valence-electron chi connectivity index (χ0n) is 29.2. The fourth-order valence-corrected chi connectivity index (χ4v) is 12.8. The maximum absolute atomic E-state index is 13.0. The number of amides is 1. The zero-order chi connectivity index (χ0) is 32.7. The van der Waals surface area contributed by atoms with Crippen LogP contribution in [0.5, 0.6) is 0 Å². The highest BCUT2D eigenvalue weighted by atomic mass is 16.5. The van der Waals surface area contributed by atoms with Crippen LogP contribution < -0.4 is 5.32 Å². The zero-order valence-corrected chi connectivity index (χ0v) is 29.2. The highest BCUT2D eigenvalue weighted by Gasteiger charge is 2.71. The van der Waals surface area contributed by atoms with Gasteiger partial charge in [0.15, 0.2) is 0 Å². The second-order valence-electron chi connectivity index (χ2n) is 18.1. The van der Waals surface area contributed by atoms with Crippen molar-refractivity contribution in [3.05, 3.63) is 12.2 Å². The summed E-state index contributed by atoms with van der Waals surface area (Å²) in [6.45, 7) is 22.3. The number of ether oxygens (including phenoxy) is 1. The Labute approximate surface area is 266 Å². The minimum absolute atomic E-state index is 0.0946. The molecule has 6 heteroatoms. The quantitative estimate of drug-likeness (QED) is 0.224. The predicted molar refractivity (Wildman–Crippen MR) is 174 cm³/mol. The van der Waals surface area contributed by atoms with Gasteiger partial charge in [0.25, 0.3) is 0 Å². The highest BCUT2D eigenvalue weighted by Crippen LogP contribution is 2.78. The largest absolute Gasteiger partial charge is 0.481 e. The molecule has 248 valence electrons. The number of carboxylic acids is 1. The van der Waals surface area contributed by atoms with Gasteiger partial charge in [0, 0.05) is 18.9 Å². The van der Waals surface area contributed by atoms with Gasteiger partial charge in [0.05, 0.1) is 11.8 Å². The lowest BCUT2D eigenvalue weighted by atomic mass is 9.32. The molecule has 5 fully saturated rings. The van der Waals surface area contributed by atoms with E-state index in [-0.39, 0.29) is 51.5 Å². The van der Waals surface area contributed by atoms with Crippen LogP contribution in [0.1, 0.15) is 132 Å².